The molecule has 8 rings (SSSR count). The van der Waals surface area contributed by atoms with E-state index in [1.807, 2.05) is 16.7 Å². The summed E-state index contributed by atoms with van der Waals surface area (Å²) in [4.78, 5) is 17.6. The number of pyridine rings is 2. The molecule has 4 aromatic heterocycles. The first-order valence-corrected chi connectivity index (χ1v) is 15.8. The quantitative estimate of drug-likeness (QED) is 0.141. The minimum atomic E-state index is -2.72. The summed E-state index contributed by atoms with van der Waals surface area (Å²) in [7, 11) is 0. The molecular formula is C40H25F4N5O2. The molecule has 0 bridgehead atoms. The Hall–Kier alpha value is -6.62. The van der Waals surface area contributed by atoms with Gasteiger partial charge in [0, 0.05) is 69.9 Å². The van der Waals surface area contributed by atoms with Crippen LogP contribution in [0.5, 0.6) is 23.0 Å². The maximum Gasteiger partial charge on any atom is 0.264 e. The molecule has 0 aliphatic heterocycles. The topological polar surface area (TPSA) is 75.0 Å². The van der Waals surface area contributed by atoms with E-state index in [9.17, 15) is 17.6 Å². The minimum Gasteiger partial charge on any atom is -0.457 e. The molecule has 7 nitrogen and oxygen atoms in total. The lowest BCUT2D eigenvalue weighted by Gasteiger charge is -2.12. The van der Waals surface area contributed by atoms with Crippen LogP contribution in [0.4, 0.5) is 17.6 Å². The highest BCUT2D eigenvalue weighted by atomic mass is 19.3. The third-order valence-electron chi connectivity index (χ3n) is 8.22. The summed E-state index contributed by atoms with van der Waals surface area (Å²) in [6.45, 7) is 0. The second-order valence-corrected chi connectivity index (χ2v) is 11.6. The van der Waals surface area contributed by atoms with Crippen LogP contribution >= 0.6 is 0 Å². The van der Waals surface area contributed by atoms with E-state index in [2.05, 4.69) is 19.9 Å². The van der Waals surface area contributed by atoms with Crippen LogP contribution in [0.3, 0.4) is 0 Å². The standard InChI is InChI=1S/C40H25F4N5O2/c41-38(42)26-16-24(34-6-1-3-12-45-34)18-30(20-26)50-28-8-10-32-33-11-9-29(23-37(33)49(36(32)22-28)40-47-14-5-15-48-40)51-31-19-25(17-27(21-31)39(43)44)35-7-2-4-13-46-35/h1-23,38-39H. The summed E-state index contributed by atoms with van der Waals surface area (Å²) in [5.41, 5.74) is 3.03. The third-order valence-corrected chi connectivity index (χ3v) is 8.22. The van der Waals surface area contributed by atoms with Crippen LogP contribution in [0.25, 0.3) is 50.3 Å². The summed E-state index contributed by atoms with van der Waals surface area (Å²) in [6, 6.07) is 31.8. The summed E-state index contributed by atoms with van der Waals surface area (Å²) in [5, 5.41) is 1.67. The van der Waals surface area contributed by atoms with Gasteiger partial charge in [0.2, 0.25) is 5.95 Å². The number of halogens is 4. The van der Waals surface area contributed by atoms with Crippen molar-refractivity contribution in [1.82, 2.24) is 24.5 Å². The molecule has 4 heterocycles. The first-order valence-electron chi connectivity index (χ1n) is 15.8. The molecule has 4 aromatic carbocycles. The number of hydrogen-bond donors (Lipinski definition) is 0. The van der Waals surface area contributed by atoms with Crippen molar-refractivity contribution in [3.8, 4) is 51.5 Å². The zero-order valence-corrected chi connectivity index (χ0v) is 26.5. The molecule has 8 aromatic rings. The van der Waals surface area contributed by atoms with Gasteiger partial charge >= 0.3 is 0 Å². The number of aromatic nitrogens is 5. The average molecular weight is 684 g/mol. The number of benzene rings is 4. The molecule has 11 heteroatoms. The van der Waals surface area contributed by atoms with Crippen LogP contribution < -0.4 is 9.47 Å². The number of rotatable bonds is 9. The largest absolute Gasteiger partial charge is 0.457 e. The fraction of sp³-hybridized carbons (Fsp3) is 0.0500. The van der Waals surface area contributed by atoms with E-state index in [4.69, 9.17) is 9.47 Å². The van der Waals surface area contributed by atoms with E-state index in [0.29, 0.717) is 51.0 Å². The second-order valence-electron chi connectivity index (χ2n) is 11.6. The van der Waals surface area contributed by atoms with Gasteiger partial charge in [0.1, 0.15) is 23.0 Å². The van der Waals surface area contributed by atoms with Crippen molar-refractivity contribution in [2.75, 3.05) is 0 Å². The van der Waals surface area contributed by atoms with Gasteiger partial charge in [-0.25, -0.2) is 27.5 Å². The zero-order chi connectivity index (χ0) is 34.9. The highest BCUT2D eigenvalue weighted by Crippen LogP contribution is 2.39. The predicted octanol–water partition coefficient (Wildman–Crippen LogP) is 11.2. The highest BCUT2D eigenvalue weighted by Gasteiger charge is 2.19. The Labute approximate surface area is 288 Å². The Morgan fingerprint density at radius 3 is 1.35 bits per heavy atom. The third kappa shape index (κ3) is 6.44. The molecule has 0 aliphatic carbocycles. The Morgan fingerprint density at radius 2 is 0.922 bits per heavy atom. The van der Waals surface area contributed by atoms with E-state index in [-0.39, 0.29) is 22.6 Å². The first-order chi connectivity index (χ1) is 24.9. The summed E-state index contributed by atoms with van der Waals surface area (Å²) < 4.78 is 70.0. The van der Waals surface area contributed by atoms with Gasteiger partial charge in [0.25, 0.3) is 12.9 Å². The number of alkyl halides is 4. The van der Waals surface area contributed by atoms with Gasteiger partial charge in [0.05, 0.1) is 22.4 Å². The van der Waals surface area contributed by atoms with Crippen molar-refractivity contribution in [2.45, 2.75) is 12.9 Å². The Bertz CT molecular complexity index is 2340. The molecule has 250 valence electrons. The molecule has 0 fully saturated rings. The lowest BCUT2D eigenvalue weighted by atomic mass is 10.1. The number of ether oxygens (including phenoxy) is 2. The predicted molar refractivity (Wildman–Crippen MR) is 186 cm³/mol. The van der Waals surface area contributed by atoms with Gasteiger partial charge in [-0.05, 0) is 91.0 Å². The van der Waals surface area contributed by atoms with Crippen molar-refractivity contribution in [3.05, 3.63) is 151 Å². The molecule has 0 spiro atoms. The van der Waals surface area contributed by atoms with Crippen molar-refractivity contribution in [1.29, 1.82) is 0 Å². The smallest absolute Gasteiger partial charge is 0.264 e. The van der Waals surface area contributed by atoms with Crippen LogP contribution in [0.2, 0.25) is 0 Å². The van der Waals surface area contributed by atoms with Gasteiger partial charge in [0.15, 0.2) is 0 Å². The highest BCUT2D eigenvalue weighted by molar-refractivity contribution is 6.09. The van der Waals surface area contributed by atoms with Crippen LogP contribution in [0.15, 0.2) is 140 Å². The van der Waals surface area contributed by atoms with Crippen LogP contribution in [-0.2, 0) is 0 Å². The molecular weight excluding hydrogens is 658 g/mol. The maximum atomic E-state index is 13.9. The van der Waals surface area contributed by atoms with E-state index in [0.717, 1.165) is 10.8 Å². The Kier molecular flexibility index (Phi) is 8.28. The number of fused-ring (bicyclic) bond motifs is 3. The molecule has 0 amide bonds. The Morgan fingerprint density at radius 1 is 0.451 bits per heavy atom. The van der Waals surface area contributed by atoms with Gasteiger partial charge < -0.3 is 9.47 Å². The van der Waals surface area contributed by atoms with E-state index < -0.39 is 12.9 Å². The second kappa shape index (κ2) is 13.4. The monoisotopic (exact) mass is 683 g/mol. The SMILES string of the molecule is FC(F)c1cc(Oc2ccc3c4ccc(Oc5cc(-c6ccccn6)cc(C(F)F)c5)cc4n(-c4ncccn4)c3c2)cc(-c2ccccn2)c1. The molecule has 0 saturated heterocycles. The fourth-order valence-electron chi connectivity index (χ4n) is 5.98. The summed E-state index contributed by atoms with van der Waals surface area (Å²) in [5.74, 6) is 1.59. The molecule has 0 atom stereocenters. The molecule has 0 N–H and O–H groups in total. The molecule has 0 aliphatic rings. The Balaban J connectivity index is 1.21. The van der Waals surface area contributed by atoms with Crippen molar-refractivity contribution in [3.63, 3.8) is 0 Å². The lowest BCUT2D eigenvalue weighted by Crippen LogP contribution is -2.00. The molecule has 0 unspecified atom stereocenters. The summed E-state index contributed by atoms with van der Waals surface area (Å²) in [6.07, 6.45) is 0.994. The van der Waals surface area contributed by atoms with Crippen LogP contribution in [0.1, 0.15) is 24.0 Å². The minimum absolute atomic E-state index is 0.195. The van der Waals surface area contributed by atoms with Gasteiger partial charge in [-0.1, -0.05) is 12.1 Å². The van der Waals surface area contributed by atoms with Crippen molar-refractivity contribution in [2.24, 2.45) is 0 Å². The van der Waals surface area contributed by atoms with E-state index >= 15 is 0 Å². The molecule has 51 heavy (non-hydrogen) atoms. The zero-order valence-electron chi connectivity index (χ0n) is 26.5. The lowest BCUT2D eigenvalue weighted by molar-refractivity contribution is 0.150. The van der Waals surface area contributed by atoms with E-state index in [1.54, 1.807) is 104 Å². The summed E-state index contributed by atoms with van der Waals surface area (Å²) >= 11 is 0. The van der Waals surface area contributed by atoms with Gasteiger partial charge in [-0.2, -0.15) is 0 Å². The fourth-order valence-corrected chi connectivity index (χ4v) is 5.98. The van der Waals surface area contributed by atoms with Crippen LogP contribution in [0, 0.1) is 0 Å². The maximum absolute atomic E-state index is 13.9. The molecule has 0 radical (unpaired) electrons. The average Bonchev–Trinajstić information content (AvgIpc) is 3.48. The van der Waals surface area contributed by atoms with Gasteiger partial charge in [-0.15, -0.1) is 0 Å². The molecule has 0 saturated carbocycles. The first kappa shape index (κ1) is 31.6. The van der Waals surface area contributed by atoms with Crippen molar-refractivity contribution >= 4 is 21.8 Å². The van der Waals surface area contributed by atoms with Crippen LogP contribution in [-0.4, -0.2) is 24.5 Å². The van der Waals surface area contributed by atoms with E-state index in [1.165, 1.54) is 24.3 Å². The normalized spacial score (nSPS) is 11.5. The number of nitrogens with zero attached hydrogens (tertiary/aromatic N) is 5. The van der Waals surface area contributed by atoms with Crippen molar-refractivity contribution < 1.29 is 27.0 Å². The van der Waals surface area contributed by atoms with Gasteiger partial charge in [-0.3, -0.25) is 14.5 Å². The number of hydrogen-bond acceptors (Lipinski definition) is 6.